The number of carbonyl (C=O) groups excluding carboxylic acids is 1. The van der Waals surface area contributed by atoms with E-state index in [1.807, 2.05) is 0 Å². The van der Waals surface area contributed by atoms with Crippen LogP contribution >= 0.6 is 0 Å². The zero-order valence-corrected chi connectivity index (χ0v) is 10.6. The largest absolute Gasteiger partial charge is 0.481 e. The molecular weight excluding hydrogens is 230 g/mol. The Labute approximate surface area is 107 Å². The molecule has 0 aromatic heterocycles. The van der Waals surface area contributed by atoms with Crippen LogP contribution in [0.25, 0.3) is 0 Å². The molecule has 4 heteroatoms. The summed E-state index contributed by atoms with van der Waals surface area (Å²) in [6, 6.07) is 0.243. The molecule has 1 amide bonds. The highest BCUT2D eigenvalue weighted by molar-refractivity contribution is 5.80. The highest BCUT2D eigenvalue weighted by Crippen LogP contribution is 2.29. The summed E-state index contributed by atoms with van der Waals surface area (Å²) in [4.78, 5) is 23.1. The van der Waals surface area contributed by atoms with Crippen LogP contribution in [0.3, 0.4) is 0 Å². The van der Waals surface area contributed by atoms with Gasteiger partial charge in [-0.1, -0.05) is 18.6 Å². The molecule has 0 aromatic rings. The number of hydrogen-bond acceptors (Lipinski definition) is 2. The van der Waals surface area contributed by atoms with E-state index in [1.54, 1.807) is 0 Å². The Morgan fingerprint density at radius 2 is 1.89 bits per heavy atom. The molecule has 0 aliphatic heterocycles. The summed E-state index contributed by atoms with van der Waals surface area (Å²) in [5.74, 6) is -1.14. The van der Waals surface area contributed by atoms with Crippen LogP contribution in [0.1, 0.15) is 44.9 Å². The number of carboxylic acid groups (broad SMARTS) is 1. The van der Waals surface area contributed by atoms with Crippen LogP contribution < -0.4 is 5.32 Å². The van der Waals surface area contributed by atoms with E-state index >= 15 is 0 Å². The van der Waals surface area contributed by atoms with E-state index in [2.05, 4.69) is 17.5 Å². The first-order chi connectivity index (χ1) is 8.66. The minimum atomic E-state index is -0.756. The molecule has 3 atom stereocenters. The van der Waals surface area contributed by atoms with E-state index in [9.17, 15) is 9.59 Å². The Morgan fingerprint density at radius 1 is 1.11 bits per heavy atom. The highest BCUT2D eigenvalue weighted by Gasteiger charge is 2.31. The van der Waals surface area contributed by atoms with Gasteiger partial charge in [0.25, 0.3) is 0 Å². The molecule has 0 spiro atoms. The van der Waals surface area contributed by atoms with Gasteiger partial charge in [0, 0.05) is 12.0 Å². The molecule has 2 aliphatic rings. The minimum absolute atomic E-state index is 0.0567. The average Bonchev–Trinajstić information content (AvgIpc) is 2.40. The third-order valence-corrected chi connectivity index (χ3v) is 4.01. The van der Waals surface area contributed by atoms with E-state index in [1.165, 1.54) is 0 Å². The molecule has 1 saturated carbocycles. The smallest absolute Gasteiger partial charge is 0.306 e. The summed E-state index contributed by atoms with van der Waals surface area (Å²) >= 11 is 0. The first kappa shape index (κ1) is 13.1. The summed E-state index contributed by atoms with van der Waals surface area (Å²) in [7, 11) is 0. The second kappa shape index (κ2) is 6.03. The van der Waals surface area contributed by atoms with Gasteiger partial charge in [-0.2, -0.15) is 0 Å². The first-order valence-corrected chi connectivity index (χ1v) is 6.85. The van der Waals surface area contributed by atoms with Crippen LogP contribution in [-0.4, -0.2) is 23.0 Å². The molecule has 2 rings (SSSR count). The van der Waals surface area contributed by atoms with Gasteiger partial charge in [-0.3, -0.25) is 9.59 Å². The predicted molar refractivity (Wildman–Crippen MR) is 68.0 cm³/mol. The molecule has 0 aromatic carbocycles. The number of carbonyl (C=O) groups is 2. The Kier molecular flexibility index (Phi) is 4.39. The van der Waals surface area contributed by atoms with Gasteiger partial charge < -0.3 is 10.4 Å². The summed E-state index contributed by atoms with van der Waals surface area (Å²) in [6.07, 6.45) is 10.1. The SMILES string of the molecule is O=C(O)C1CCCC(C(=O)NC2CC=CCC2)C1. The summed E-state index contributed by atoms with van der Waals surface area (Å²) in [5, 5.41) is 12.1. The number of rotatable bonds is 3. The predicted octanol–water partition coefficient (Wildman–Crippen LogP) is 2.10. The van der Waals surface area contributed by atoms with Gasteiger partial charge in [-0.15, -0.1) is 0 Å². The van der Waals surface area contributed by atoms with Crippen LogP contribution in [0.2, 0.25) is 0 Å². The van der Waals surface area contributed by atoms with E-state index in [0.29, 0.717) is 12.8 Å². The number of amides is 1. The topological polar surface area (TPSA) is 66.4 Å². The zero-order chi connectivity index (χ0) is 13.0. The Hall–Kier alpha value is -1.32. The number of aliphatic carboxylic acids is 1. The molecule has 100 valence electrons. The van der Waals surface area contributed by atoms with Gasteiger partial charge in [0.1, 0.15) is 0 Å². The fourth-order valence-electron chi connectivity index (χ4n) is 2.90. The van der Waals surface area contributed by atoms with Crippen molar-refractivity contribution in [3.63, 3.8) is 0 Å². The fraction of sp³-hybridized carbons (Fsp3) is 0.714. The van der Waals surface area contributed by atoms with E-state index < -0.39 is 5.97 Å². The normalized spacial score (nSPS) is 31.9. The van der Waals surface area contributed by atoms with Crippen LogP contribution in [0.4, 0.5) is 0 Å². The molecule has 3 unspecified atom stereocenters. The molecule has 0 heterocycles. The lowest BCUT2D eigenvalue weighted by molar-refractivity contribution is -0.144. The number of allylic oxidation sites excluding steroid dienone is 1. The lowest BCUT2D eigenvalue weighted by atomic mass is 9.81. The quantitative estimate of drug-likeness (QED) is 0.755. The summed E-state index contributed by atoms with van der Waals surface area (Å²) < 4.78 is 0. The standard InChI is InChI=1S/C14H21NO3/c16-13(15-12-7-2-1-3-8-12)10-5-4-6-11(9-10)14(17)18/h1-2,10-12H,3-9H2,(H,15,16)(H,17,18). The zero-order valence-electron chi connectivity index (χ0n) is 10.6. The lowest BCUT2D eigenvalue weighted by Gasteiger charge is -2.28. The second-order valence-electron chi connectivity index (χ2n) is 5.39. The van der Waals surface area contributed by atoms with Crippen LogP contribution in [0.5, 0.6) is 0 Å². The molecular formula is C14H21NO3. The summed E-state index contributed by atoms with van der Waals surface area (Å²) in [5.41, 5.74) is 0. The second-order valence-corrected chi connectivity index (χ2v) is 5.39. The van der Waals surface area contributed by atoms with E-state index in [0.717, 1.165) is 32.1 Å². The van der Waals surface area contributed by atoms with Crippen molar-refractivity contribution in [2.24, 2.45) is 11.8 Å². The van der Waals surface area contributed by atoms with Crippen molar-refractivity contribution in [1.82, 2.24) is 5.32 Å². The van der Waals surface area contributed by atoms with Gasteiger partial charge in [0.05, 0.1) is 5.92 Å². The van der Waals surface area contributed by atoms with Gasteiger partial charge in [0.2, 0.25) is 5.91 Å². The molecule has 1 fully saturated rings. The van der Waals surface area contributed by atoms with Crippen molar-refractivity contribution in [3.8, 4) is 0 Å². The molecule has 18 heavy (non-hydrogen) atoms. The molecule has 2 N–H and O–H groups in total. The highest BCUT2D eigenvalue weighted by atomic mass is 16.4. The van der Waals surface area contributed by atoms with Crippen molar-refractivity contribution >= 4 is 11.9 Å². The van der Waals surface area contributed by atoms with Gasteiger partial charge >= 0.3 is 5.97 Å². The van der Waals surface area contributed by atoms with Crippen molar-refractivity contribution < 1.29 is 14.7 Å². The average molecular weight is 251 g/mol. The van der Waals surface area contributed by atoms with Gasteiger partial charge in [-0.25, -0.2) is 0 Å². The maximum atomic E-state index is 12.1. The Bertz CT molecular complexity index is 351. The fourth-order valence-corrected chi connectivity index (χ4v) is 2.90. The number of carboxylic acids is 1. The van der Waals surface area contributed by atoms with E-state index in [-0.39, 0.29) is 23.8 Å². The molecule has 2 aliphatic carbocycles. The minimum Gasteiger partial charge on any atom is -0.481 e. The first-order valence-electron chi connectivity index (χ1n) is 6.85. The van der Waals surface area contributed by atoms with Gasteiger partial charge in [-0.05, 0) is 38.5 Å². The molecule has 0 bridgehead atoms. The summed E-state index contributed by atoms with van der Waals surface area (Å²) in [6.45, 7) is 0. The van der Waals surface area contributed by atoms with Crippen LogP contribution in [-0.2, 0) is 9.59 Å². The molecule has 0 saturated heterocycles. The van der Waals surface area contributed by atoms with Crippen molar-refractivity contribution in [2.75, 3.05) is 0 Å². The van der Waals surface area contributed by atoms with Gasteiger partial charge in [0.15, 0.2) is 0 Å². The van der Waals surface area contributed by atoms with Crippen LogP contribution in [0, 0.1) is 11.8 Å². The van der Waals surface area contributed by atoms with Crippen molar-refractivity contribution in [3.05, 3.63) is 12.2 Å². The Morgan fingerprint density at radius 3 is 2.56 bits per heavy atom. The Balaban J connectivity index is 1.84. The molecule has 0 radical (unpaired) electrons. The molecule has 4 nitrogen and oxygen atoms in total. The number of nitrogens with one attached hydrogen (secondary N) is 1. The third kappa shape index (κ3) is 3.34. The van der Waals surface area contributed by atoms with Crippen molar-refractivity contribution in [1.29, 1.82) is 0 Å². The third-order valence-electron chi connectivity index (χ3n) is 4.01. The number of hydrogen-bond donors (Lipinski definition) is 2. The maximum absolute atomic E-state index is 12.1. The lowest BCUT2D eigenvalue weighted by Crippen LogP contribution is -2.41. The maximum Gasteiger partial charge on any atom is 0.306 e. The van der Waals surface area contributed by atoms with Crippen molar-refractivity contribution in [2.45, 2.75) is 51.0 Å². The van der Waals surface area contributed by atoms with E-state index in [4.69, 9.17) is 5.11 Å². The van der Waals surface area contributed by atoms with Crippen LogP contribution in [0.15, 0.2) is 12.2 Å². The monoisotopic (exact) mass is 251 g/mol.